The minimum atomic E-state index is 0.775. The zero-order valence-electron chi connectivity index (χ0n) is 14.9. The number of nitrogens with one attached hydrogen (secondary N) is 1. The Balaban J connectivity index is 1.59. The second kappa shape index (κ2) is 8.06. The van der Waals surface area contributed by atoms with Crippen LogP contribution in [0.2, 0.25) is 5.02 Å². The molecule has 0 unspecified atom stereocenters. The molecule has 0 spiro atoms. The molecule has 0 bridgehead atoms. The number of hydrogen-bond donors (Lipinski definition) is 1. The van der Waals surface area contributed by atoms with Gasteiger partial charge in [-0.15, -0.1) is 11.3 Å². The standard InChI is InChI=1S/C18H24ClN5S/c1-13-4-5-15(19)10-16(13)23-6-8-24(9-7-23)18(20-3)21-11-17-14(2)22-12-25-17/h4-5,10,12H,6-9,11H2,1-3H3,(H,20,21). The highest BCUT2D eigenvalue weighted by atomic mass is 35.5. The van der Waals surface area contributed by atoms with Crippen molar-refractivity contribution in [1.82, 2.24) is 15.2 Å². The molecule has 0 atom stereocenters. The minimum Gasteiger partial charge on any atom is -0.368 e. The lowest BCUT2D eigenvalue weighted by molar-refractivity contribution is 0.372. The average Bonchev–Trinajstić information content (AvgIpc) is 3.03. The molecule has 25 heavy (non-hydrogen) atoms. The van der Waals surface area contributed by atoms with E-state index in [-0.39, 0.29) is 0 Å². The molecule has 0 radical (unpaired) electrons. The van der Waals surface area contributed by atoms with Crippen LogP contribution in [0.5, 0.6) is 0 Å². The van der Waals surface area contributed by atoms with E-state index >= 15 is 0 Å². The van der Waals surface area contributed by atoms with Gasteiger partial charge >= 0.3 is 0 Å². The predicted molar refractivity (Wildman–Crippen MR) is 107 cm³/mol. The molecule has 1 aliphatic rings. The van der Waals surface area contributed by atoms with Gasteiger partial charge in [-0.05, 0) is 31.5 Å². The van der Waals surface area contributed by atoms with E-state index in [0.29, 0.717) is 0 Å². The Hall–Kier alpha value is -1.79. The number of thiazole rings is 1. The molecule has 1 fully saturated rings. The minimum absolute atomic E-state index is 0.775. The van der Waals surface area contributed by atoms with E-state index in [9.17, 15) is 0 Å². The van der Waals surface area contributed by atoms with Crippen molar-refractivity contribution in [2.24, 2.45) is 4.99 Å². The van der Waals surface area contributed by atoms with Gasteiger partial charge in [-0.1, -0.05) is 17.7 Å². The first-order chi connectivity index (χ1) is 12.1. The highest BCUT2D eigenvalue weighted by Gasteiger charge is 2.21. The molecule has 2 heterocycles. The van der Waals surface area contributed by atoms with Crippen LogP contribution in [-0.4, -0.2) is 49.1 Å². The lowest BCUT2D eigenvalue weighted by atomic mass is 10.1. The molecule has 1 saturated heterocycles. The van der Waals surface area contributed by atoms with Gasteiger partial charge in [0, 0.05) is 48.8 Å². The summed E-state index contributed by atoms with van der Waals surface area (Å²) in [6.07, 6.45) is 0. The first-order valence-corrected chi connectivity index (χ1v) is 9.70. The number of rotatable bonds is 3. The number of nitrogens with zero attached hydrogens (tertiary/aromatic N) is 4. The van der Waals surface area contributed by atoms with Gasteiger partial charge in [-0.3, -0.25) is 4.99 Å². The number of guanidine groups is 1. The van der Waals surface area contributed by atoms with Gasteiger partial charge in [0.15, 0.2) is 5.96 Å². The van der Waals surface area contributed by atoms with Crippen LogP contribution in [0.1, 0.15) is 16.1 Å². The van der Waals surface area contributed by atoms with E-state index in [4.69, 9.17) is 11.6 Å². The van der Waals surface area contributed by atoms with Gasteiger partial charge in [0.2, 0.25) is 0 Å². The monoisotopic (exact) mass is 377 g/mol. The Morgan fingerprint density at radius 1 is 1.28 bits per heavy atom. The maximum atomic E-state index is 6.17. The van der Waals surface area contributed by atoms with E-state index in [1.165, 1.54) is 16.1 Å². The number of piperazine rings is 1. The summed E-state index contributed by atoms with van der Waals surface area (Å²) in [5.41, 5.74) is 5.48. The second-order valence-corrected chi connectivity index (χ2v) is 7.54. The summed E-state index contributed by atoms with van der Waals surface area (Å²) >= 11 is 7.85. The molecule has 1 aromatic carbocycles. The number of benzene rings is 1. The fourth-order valence-electron chi connectivity index (χ4n) is 3.07. The Kier molecular flexibility index (Phi) is 5.81. The van der Waals surface area contributed by atoms with E-state index in [1.54, 1.807) is 11.3 Å². The van der Waals surface area contributed by atoms with Crippen molar-refractivity contribution in [2.75, 3.05) is 38.1 Å². The van der Waals surface area contributed by atoms with Gasteiger partial charge in [0.05, 0.1) is 17.7 Å². The molecule has 7 heteroatoms. The molecule has 1 aliphatic heterocycles. The zero-order valence-corrected chi connectivity index (χ0v) is 16.5. The Morgan fingerprint density at radius 3 is 2.68 bits per heavy atom. The summed E-state index contributed by atoms with van der Waals surface area (Å²) in [6, 6.07) is 6.10. The van der Waals surface area contributed by atoms with Crippen molar-refractivity contribution in [1.29, 1.82) is 0 Å². The van der Waals surface area contributed by atoms with Crippen molar-refractivity contribution in [2.45, 2.75) is 20.4 Å². The van der Waals surface area contributed by atoms with Crippen LogP contribution in [0.15, 0.2) is 28.7 Å². The van der Waals surface area contributed by atoms with Gasteiger partial charge in [0.25, 0.3) is 0 Å². The van der Waals surface area contributed by atoms with Crippen molar-refractivity contribution in [3.05, 3.63) is 44.9 Å². The molecule has 3 rings (SSSR count). The Bertz CT molecular complexity index is 750. The highest BCUT2D eigenvalue weighted by molar-refractivity contribution is 7.09. The third kappa shape index (κ3) is 4.25. The van der Waals surface area contributed by atoms with Crippen molar-refractivity contribution in [3.8, 4) is 0 Å². The number of aryl methyl sites for hydroxylation is 2. The number of aliphatic imine (C=N–C) groups is 1. The Morgan fingerprint density at radius 2 is 2.04 bits per heavy atom. The number of anilines is 1. The lowest BCUT2D eigenvalue weighted by Crippen LogP contribution is -2.52. The first-order valence-electron chi connectivity index (χ1n) is 8.44. The maximum Gasteiger partial charge on any atom is 0.194 e. The van der Waals surface area contributed by atoms with Crippen molar-refractivity contribution >= 4 is 34.6 Å². The van der Waals surface area contributed by atoms with Crippen LogP contribution in [-0.2, 0) is 6.54 Å². The van der Waals surface area contributed by atoms with E-state index in [0.717, 1.165) is 49.4 Å². The smallest absolute Gasteiger partial charge is 0.194 e. The number of halogens is 1. The average molecular weight is 378 g/mol. The summed E-state index contributed by atoms with van der Waals surface area (Å²) in [5, 5.41) is 4.26. The van der Waals surface area contributed by atoms with E-state index in [1.807, 2.05) is 25.5 Å². The van der Waals surface area contributed by atoms with Gasteiger partial charge in [0.1, 0.15) is 0 Å². The maximum absolute atomic E-state index is 6.17. The quantitative estimate of drug-likeness (QED) is 0.658. The number of aromatic nitrogens is 1. The number of hydrogen-bond acceptors (Lipinski definition) is 4. The molecular formula is C18H24ClN5S. The summed E-state index contributed by atoms with van der Waals surface area (Å²) in [5.74, 6) is 0.954. The van der Waals surface area contributed by atoms with E-state index < -0.39 is 0 Å². The summed E-state index contributed by atoms with van der Waals surface area (Å²) < 4.78 is 0. The van der Waals surface area contributed by atoms with Crippen molar-refractivity contribution in [3.63, 3.8) is 0 Å². The van der Waals surface area contributed by atoms with E-state index in [2.05, 4.69) is 44.1 Å². The largest absolute Gasteiger partial charge is 0.368 e. The topological polar surface area (TPSA) is 43.8 Å². The molecule has 134 valence electrons. The summed E-state index contributed by atoms with van der Waals surface area (Å²) in [7, 11) is 1.84. The highest BCUT2D eigenvalue weighted by Crippen LogP contribution is 2.25. The molecule has 0 amide bonds. The van der Waals surface area contributed by atoms with Gasteiger partial charge in [-0.2, -0.15) is 0 Å². The van der Waals surface area contributed by atoms with Crippen LogP contribution in [0.4, 0.5) is 5.69 Å². The molecule has 5 nitrogen and oxygen atoms in total. The molecule has 2 aromatic rings. The summed E-state index contributed by atoms with van der Waals surface area (Å²) in [6.45, 7) is 8.75. The molecule has 0 aliphatic carbocycles. The molecule has 1 aromatic heterocycles. The lowest BCUT2D eigenvalue weighted by Gasteiger charge is -2.38. The van der Waals surface area contributed by atoms with Crippen LogP contribution >= 0.6 is 22.9 Å². The van der Waals surface area contributed by atoms with Gasteiger partial charge in [-0.25, -0.2) is 4.98 Å². The fourth-order valence-corrected chi connectivity index (χ4v) is 3.95. The molecular weight excluding hydrogens is 354 g/mol. The summed E-state index contributed by atoms with van der Waals surface area (Å²) in [4.78, 5) is 14.7. The van der Waals surface area contributed by atoms with Crippen LogP contribution in [0.3, 0.4) is 0 Å². The fraction of sp³-hybridized carbons (Fsp3) is 0.444. The van der Waals surface area contributed by atoms with Crippen LogP contribution in [0, 0.1) is 13.8 Å². The van der Waals surface area contributed by atoms with Gasteiger partial charge < -0.3 is 15.1 Å². The van der Waals surface area contributed by atoms with Crippen LogP contribution in [0.25, 0.3) is 0 Å². The molecule has 0 saturated carbocycles. The normalized spacial score (nSPS) is 15.6. The zero-order chi connectivity index (χ0) is 17.8. The first kappa shape index (κ1) is 18.0. The third-order valence-electron chi connectivity index (χ3n) is 4.55. The second-order valence-electron chi connectivity index (χ2n) is 6.17. The predicted octanol–water partition coefficient (Wildman–Crippen LogP) is 3.31. The van der Waals surface area contributed by atoms with Crippen LogP contribution < -0.4 is 10.2 Å². The SMILES string of the molecule is CN=C(NCc1scnc1C)N1CCN(c2cc(Cl)ccc2C)CC1. The molecule has 1 N–H and O–H groups in total. The van der Waals surface area contributed by atoms with Crippen molar-refractivity contribution < 1.29 is 0 Å². The third-order valence-corrected chi connectivity index (χ3v) is 5.72. The Labute approximate surface area is 158 Å².